The molecule has 0 amide bonds. The van der Waals surface area contributed by atoms with Gasteiger partial charge in [-0.2, -0.15) is 5.26 Å². The molecular weight excluding hydrogens is 285 g/mol. The van der Waals surface area contributed by atoms with Crippen molar-refractivity contribution < 1.29 is 9.84 Å². The van der Waals surface area contributed by atoms with E-state index < -0.39 is 11.5 Å². The molecule has 100 valence electrons. The van der Waals surface area contributed by atoms with Crippen LogP contribution in [0.5, 0.6) is 0 Å². The van der Waals surface area contributed by atoms with Gasteiger partial charge < -0.3 is 9.84 Å². The molecule has 2 bridgehead atoms. The Labute approximate surface area is 121 Å². The van der Waals surface area contributed by atoms with E-state index in [1.54, 1.807) is 18.2 Å². The van der Waals surface area contributed by atoms with Crippen LogP contribution in [0.2, 0.25) is 10.0 Å². The van der Waals surface area contributed by atoms with E-state index in [1.165, 1.54) is 0 Å². The van der Waals surface area contributed by atoms with Crippen LogP contribution in [0, 0.1) is 16.7 Å². The molecule has 2 aliphatic heterocycles. The van der Waals surface area contributed by atoms with E-state index in [0.717, 1.165) is 12.8 Å². The lowest BCUT2D eigenvalue weighted by atomic mass is 9.69. The van der Waals surface area contributed by atoms with Crippen molar-refractivity contribution in [2.24, 2.45) is 5.41 Å². The van der Waals surface area contributed by atoms with Gasteiger partial charge in [0.25, 0.3) is 0 Å². The summed E-state index contributed by atoms with van der Waals surface area (Å²) >= 11 is 12.1. The van der Waals surface area contributed by atoms with Gasteiger partial charge in [-0.3, -0.25) is 0 Å². The number of halogens is 2. The second-order valence-corrected chi connectivity index (χ2v) is 6.01. The largest absolute Gasteiger partial charge is 0.387 e. The van der Waals surface area contributed by atoms with Gasteiger partial charge in [0.15, 0.2) is 0 Å². The quantitative estimate of drug-likeness (QED) is 0.909. The number of ether oxygens (including phenoxy) is 1. The Balaban J connectivity index is 2.01. The van der Waals surface area contributed by atoms with Crippen LogP contribution in [-0.4, -0.2) is 17.3 Å². The summed E-state index contributed by atoms with van der Waals surface area (Å²) in [5.41, 5.74) is -0.399. The van der Waals surface area contributed by atoms with Crippen molar-refractivity contribution in [3.05, 3.63) is 33.8 Å². The molecule has 4 atom stereocenters. The highest BCUT2D eigenvalue weighted by Crippen LogP contribution is 2.54. The van der Waals surface area contributed by atoms with E-state index >= 15 is 0 Å². The standard InChI is InChI=1S/C14H13Cl2NO2/c15-10-3-1-2-9(12(10)16)13(18)14(7-17)6-8-4-5-11(14)19-8/h1-3,8,11,13,18H,4-6H2. The highest BCUT2D eigenvalue weighted by atomic mass is 35.5. The molecule has 0 aromatic heterocycles. The summed E-state index contributed by atoms with van der Waals surface area (Å²) in [6.07, 6.45) is 1.22. The number of aliphatic hydroxyl groups excluding tert-OH is 1. The first-order valence-corrected chi connectivity index (χ1v) is 7.03. The number of nitrogens with zero attached hydrogens (tertiary/aromatic N) is 1. The lowest BCUT2D eigenvalue weighted by Gasteiger charge is -2.33. The van der Waals surface area contributed by atoms with Gasteiger partial charge in [0.1, 0.15) is 11.5 Å². The van der Waals surface area contributed by atoms with E-state index in [9.17, 15) is 10.4 Å². The molecule has 1 N–H and O–H groups in total. The molecule has 3 rings (SSSR count). The maximum atomic E-state index is 10.7. The van der Waals surface area contributed by atoms with E-state index in [1.807, 2.05) is 0 Å². The fourth-order valence-electron chi connectivity index (χ4n) is 3.22. The summed E-state index contributed by atoms with van der Waals surface area (Å²) in [4.78, 5) is 0. The van der Waals surface area contributed by atoms with E-state index in [-0.39, 0.29) is 12.2 Å². The first-order valence-electron chi connectivity index (χ1n) is 6.27. The molecule has 1 aromatic carbocycles. The zero-order valence-electron chi connectivity index (χ0n) is 10.1. The average Bonchev–Trinajstić information content (AvgIpc) is 3.02. The first-order chi connectivity index (χ1) is 9.08. The third-order valence-electron chi connectivity index (χ3n) is 4.22. The minimum absolute atomic E-state index is 0.0808. The van der Waals surface area contributed by atoms with Crippen LogP contribution < -0.4 is 0 Å². The molecule has 2 aliphatic rings. The van der Waals surface area contributed by atoms with Crippen LogP contribution in [0.4, 0.5) is 0 Å². The van der Waals surface area contributed by atoms with E-state index in [2.05, 4.69) is 6.07 Å². The fourth-order valence-corrected chi connectivity index (χ4v) is 3.63. The lowest BCUT2D eigenvalue weighted by Crippen LogP contribution is -2.37. The van der Waals surface area contributed by atoms with Crippen LogP contribution in [0.1, 0.15) is 30.9 Å². The average molecular weight is 298 g/mol. The van der Waals surface area contributed by atoms with Gasteiger partial charge in [-0.05, 0) is 25.3 Å². The molecule has 2 fully saturated rings. The summed E-state index contributed by atoms with van der Waals surface area (Å²) in [7, 11) is 0. The summed E-state index contributed by atoms with van der Waals surface area (Å²) in [5.74, 6) is 0. The molecule has 0 radical (unpaired) electrons. The van der Waals surface area contributed by atoms with Gasteiger partial charge in [-0.25, -0.2) is 0 Å². The van der Waals surface area contributed by atoms with Gasteiger partial charge in [-0.1, -0.05) is 35.3 Å². The maximum Gasteiger partial charge on any atom is 0.116 e. The zero-order valence-corrected chi connectivity index (χ0v) is 11.7. The predicted octanol–water partition coefficient (Wildman–Crippen LogP) is 3.49. The molecular formula is C14H13Cl2NO2. The first kappa shape index (κ1) is 13.2. The molecule has 0 aliphatic carbocycles. The number of fused-ring (bicyclic) bond motifs is 2. The number of hydrogen-bond acceptors (Lipinski definition) is 3. The summed E-state index contributed by atoms with van der Waals surface area (Å²) in [5, 5.41) is 20.9. The molecule has 5 heteroatoms. The van der Waals surface area contributed by atoms with Crippen molar-refractivity contribution in [3.63, 3.8) is 0 Å². The maximum absolute atomic E-state index is 10.7. The molecule has 3 nitrogen and oxygen atoms in total. The van der Waals surface area contributed by atoms with Gasteiger partial charge in [-0.15, -0.1) is 0 Å². The van der Waals surface area contributed by atoms with Crippen LogP contribution in [0.3, 0.4) is 0 Å². The Morgan fingerprint density at radius 1 is 1.42 bits per heavy atom. The normalized spacial score (nSPS) is 34.2. The monoisotopic (exact) mass is 297 g/mol. The van der Waals surface area contributed by atoms with E-state index in [0.29, 0.717) is 22.0 Å². The van der Waals surface area contributed by atoms with Gasteiger partial charge >= 0.3 is 0 Å². The van der Waals surface area contributed by atoms with Crippen molar-refractivity contribution >= 4 is 23.2 Å². The minimum atomic E-state index is -0.973. The summed E-state index contributed by atoms with van der Waals surface area (Å²) < 4.78 is 5.73. The zero-order chi connectivity index (χ0) is 13.6. The minimum Gasteiger partial charge on any atom is -0.387 e. The summed E-state index contributed by atoms with van der Waals surface area (Å²) in [6, 6.07) is 7.38. The molecule has 0 saturated carbocycles. The fraction of sp³-hybridized carbons (Fsp3) is 0.500. The Morgan fingerprint density at radius 3 is 2.79 bits per heavy atom. The molecule has 2 saturated heterocycles. The molecule has 1 aromatic rings. The Kier molecular flexibility index (Phi) is 3.23. The molecule has 0 spiro atoms. The van der Waals surface area contributed by atoms with Crippen molar-refractivity contribution in [1.29, 1.82) is 5.26 Å². The SMILES string of the molecule is N#CC1(C(O)c2cccc(Cl)c2Cl)CC2CCC1O2. The smallest absolute Gasteiger partial charge is 0.116 e. The van der Waals surface area contributed by atoms with Crippen molar-refractivity contribution in [2.75, 3.05) is 0 Å². The molecule has 2 heterocycles. The molecule has 4 unspecified atom stereocenters. The van der Waals surface area contributed by atoms with Crippen LogP contribution in [-0.2, 0) is 4.74 Å². The Morgan fingerprint density at radius 2 is 2.21 bits per heavy atom. The number of aliphatic hydroxyl groups is 1. The number of nitriles is 1. The highest BCUT2D eigenvalue weighted by Gasteiger charge is 2.57. The topological polar surface area (TPSA) is 53.2 Å². The van der Waals surface area contributed by atoms with Crippen LogP contribution in [0.25, 0.3) is 0 Å². The lowest BCUT2D eigenvalue weighted by molar-refractivity contribution is 0.00347. The van der Waals surface area contributed by atoms with Gasteiger partial charge in [0.2, 0.25) is 0 Å². The Bertz CT molecular complexity index is 557. The van der Waals surface area contributed by atoms with Gasteiger partial charge in [0.05, 0.1) is 28.3 Å². The summed E-state index contributed by atoms with van der Waals surface area (Å²) in [6.45, 7) is 0. The Hall–Kier alpha value is -0.790. The molecule has 19 heavy (non-hydrogen) atoms. The second-order valence-electron chi connectivity index (χ2n) is 5.23. The van der Waals surface area contributed by atoms with Crippen molar-refractivity contribution in [3.8, 4) is 6.07 Å². The van der Waals surface area contributed by atoms with E-state index in [4.69, 9.17) is 27.9 Å². The van der Waals surface area contributed by atoms with Crippen molar-refractivity contribution in [2.45, 2.75) is 37.6 Å². The number of rotatable bonds is 2. The third kappa shape index (κ3) is 1.86. The van der Waals surface area contributed by atoms with Crippen molar-refractivity contribution in [1.82, 2.24) is 0 Å². The van der Waals surface area contributed by atoms with Crippen LogP contribution in [0.15, 0.2) is 18.2 Å². The highest BCUT2D eigenvalue weighted by molar-refractivity contribution is 6.42. The predicted molar refractivity (Wildman–Crippen MR) is 72.0 cm³/mol. The van der Waals surface area contributed by atoms with Crippen LogP contribution >= 0.6 is 23.2 Å². The second kappa shape index (κ2) is 4.64. The van der Waals surface area contributed by atoms with Gasteiger partial charge in [0, 0.05) is 5.56 Å². The number of hydrogen-bond donors (Lipinski definition) is 1. The number of benzene rings is 1. The third-order valence-corrected chi connectivity index (χ3v) is 5.05.